The van der Waals surface area contributed by atoms with Crippen molar-refractivity contribution in [1.29, 1.82) is 0 Å². The van der Waals surface area contributed by atoms with Crippen LogP contribution < -0.4 is 10.6 Å². The molecule has 2 aromatic rings. The van der Waals surface area contributed by atoms with Crippen LogP contribution in [0.2, 0.25) is 0 Å². The van der Waals surface area contributed by atoms with Crippen molar-refractivity contribution in [3.05, 3.63) is 70.3 Å². The Morgan fingerprint density at radius 1 is 1.11 bits per heavy atom. The number of halogens is 2. The number of fused-ring (bicyclic) bond motifs is 3. The van der Waals surface area contributed by atoms with Crippen LogP contribution in [0.3, 0.4) is 0 Å². The maximum absolute atomic E-state index is 13.9. The molecule has 35 heavy (non-hydrogen) atoms. The van der Waals surface area contributed by atoms with Crippen molar-refractivity contribution in [2.24, 2.45) is 0 Å². The minimum absolute atomic E-state index is 0.0240. The Hall–Kier alpha value is -2.88. The molecule has 2 amide bonds. The number of aliphatic hydroxyl groups excluding tert-OH is 1. The maximum atomic E-state index is 13.9. The molecule has 3 unspecified atom stereocenters. The summed E-state index contributed by atoms with van der Waals surface area (Å²) in [4.78, 5) is 27.5. The molecule has 0 spiro atoms. The fourth-order valence-corrected chi connectivity index (χ4v) is 5.37. The third kappa shape index (κ3) is 4.80. The van der Waals surface area contributed by atoms with Gasteiger partial charge in [0.25, 0.3) is 18.2 Å². The van der Waals surface area contributed by atoms with Crippen LogP contribution in [-0.4, -0.2) is 65.8 Å². The average molecular weight is 486 g/mol. The van der Waals surface area contributed by atoms with E-state index in [9.17, 15) is 23.5 Å². The van der Waals surface area contributed by atoms with Gasteiger partial charge in [-0.3, -0.25) is 9.59 Å². The molecule has 2 saturated heterocycles. The van der Waals surface area contributed by atoms with Gasteiger partial charge >= 0.3 is 0 Å². The van der Waals surface area contributed by atoms with Crippen LogP contribution in [-0.2, 0) is 17.7 Å². The highest BCUT2D eigenvalue weighted by molar-refractivity contribution is 5.99. The molecule has 2 aromatic carbocycles. The molecule has 9 heteroatoms. The first-order valence-corrected chi connectivity index (χ1v) is 12.0. The molecule has 3 aliphatic rings. The van der Waals surface area contributed by atoms with Gasteiger partial charge in [-0.1, -0.05) is 24.3 Å². The number of alkyl halides is 2. The van der Waals surface area contributed by atoms with Gasteiger partial charge in [0.15, 0.2) is 0 Å². The molecule has 0 aliphatic carbocycles. The number of nitrogens with zero attached hydrogens (tertiary/aromatic N) is 1. The normalized spacial score (nSPS) is 24.2. The van der Waals surface area contributed by atoms with Crippen molar-refractivity contribution in [3.8, 4) is 0 Å². The van der Waals surface area contributed by atoms with E-state index in [-0.39, 0.29) is 35.8 Å². The molecule has 2 bridgehead atoms. The second kappa shape index (κ2) is 10.0. The summed E-state index contributed by atoms with van der Waals surface area (Å²) in [6.07, 6.45) is -1.53. The van der Waals surface area contributed by atoms with Crippen molar-refractivity contribution in [1.82, 2.24) is 15.5 Å². The van der Waals surface area contributed by atoms with Crippen molar-refractivity contribution < 1.29 is 28.2 Å². The lowest BCUT2D eigenvalue weighted by atomic mass is 9.93. The predicted octanol–water partition coefficient (Wildman–Crippen LogP) is 2.43. The van der Waals surface area contributed by atoms with E-state index in [0.29, 0.717) is 26.2 Å². The summed E-state index contributed by atoms with van der Waals surface area (Å²) >= 11 is 0. The predicted molar refractivity (Wildman–Crippen MR) is 124 cm³/mol. The third-order valence-electron chi connectivity index (χ3n) is 7.30. The number of carbonyl (C=O) groups excluding carboxylic acids is 2. The lowest BCUT2D eigenvalue weighted by molar-refractivity contribution is -0.00745. The molecule has 0 aromatic heterocycles. The van der Waals surface area contributed by atoms with E-state index in [0.717, 1.165) is 24.5 Å². The molecular weight excluding hydrogens is 456 g/mol. The summed E-state index contributed by atoms with van der Waals surface area (Å²) in [5.74, 6) is -1.02. The number of nitrogens with one attached hydrogen (secondary N) is 2. The Labute approximate surface area is 202 Å². The largest absolute Gasteiger partial charge is 0.390 e. The number of hydrogen-bond donors (Lipinski definition) is 3. The van der Waals surface area contributed by atoms with Crippen molar-refractivity contribution in [2.45, 2.75) is 56.5 Å². The number of morpholine rings is 1. The second-order valence-corrected chi connectivity index (χ2v) is 9.48. The third-order valence-corrected chi connectivity index (χ3v) is 7.30. The van der Waals surface area contributed by atoms with Gasteiger partial charge in [0.05, 0.1) is 31.4 Å². The van der Waals surface area contributed by atoms with Crippen LogP contribution in [0.5, 0.6) is 0 Å². The van der Waals surface area contributed by atoms with E-state index in [1.165, 1.54) is 17.7 Å². The number of aliphatic hydroxyl groups is 1. The van der Waals surface area contributed by atoms with Crippen LogP contribution in [0.25, 0.3) is 0 Å². The van der Waals surface area contributed by atoms with Crippen molar-refractivity contribution in [3.63, 3.8) is 0 Å². The Balaban J connectivity index is 1.25. The minimum Gasteiger partial charge on any atom is -0.390 e. The Morgan fingerprint density at radius 3 is 2.54 bits per heavy atom. The van der Waals surface area contributed by atoms with Gasteiger partial charge in [0.2, 0.25) is 0 Å². The fourth-order valence-electron chi connectivity index (χ4n) is 5.37. The van der Waals surface area contributed by atoms with Gasteiger partial charge in [0, 0.05) is 35.8 Å². The van der Waals surface area contributed by atoms with E-state index in [1.54, 1.807) is 4.90 Å². The van der Waals surface area contributed by atoms with Gasteiger partial charge < -0.3 is 25.4 Å². The molecule has 3 N–H and O–H groups in total. The SMILES string of the molecule is O=C(NCC(O)[C@@H]1Cc2ccccc2CN1)c1ccc(C(=O)N2C3CCC2COC3)c(C(F)F)c1. The molecular formula is C26H29F2N3O4. The molecule has 4 atom stereocenters. The summed E-state index contributed by atoms with van der Waals surface area (Å²) in [6, 6.07) is 11.3. The zero-order valence-corrected chi connectivity index (χ0v) is 19.3. The molecule has 186 valence electrons. The van der Waals surface area contributed by atoms with Gasteiger partial charge in [0.1, 0.15) is 0 Å². The number of amides is 2. The number of benzene rings is 2. The lowest BCUT2D eigenvalue weighted by Gasteiger charge is -2.35. The van der Waals surface area contributed by atoms with Gasteiger partial charge in [-0.25, -0.2) is 8.78 Å². The highest BCUT2D eigenvalue weighted by Crippen LogP contribution is 2.33. The summed E-state index contributed by atoms with van der Waals surface area (Å²) in [5, 5.41) is 16.5. The first kappa shape index (κ1) is 23.8. The highest BCUT2D eigenvalue weighted by Gasteiger charge is 2.41. The first-order chi connectivity index (χ1) is 16.9. The zero-order valence-electron chi connectivity index (χ0n) is 19.3. The Bertz CT molecular complexity index is 1100. The van der Waals surface area contributed by atoms with Gasteiger partial charge in [-0.05, 0) is 48.6 Å². The van der Waals surface area contributed by atoms with Crippen LogP contribution in [0.15, 0.2) is 42.5 Å². The van der Waals surface area contributed by atoms with Crippen LogP contribution in [0, 0.1) is 0 Å². The van der Waals surface area contributed by atoms with Crippen LogP contribution in [0.1, 0.15) is 56.7 Å². The number of rotatable bonds is 6. The highest BCUT2D eigenvalue weighted by atomic mass is 19.3. The summed E-state index contributed by atoms with van der Waals surface area (Å²) in [5.41, 5.74) is 1.81. The van der Waals surface area contributed by atoms with Crippen molar-refractivity contribution >= 4 is 11.8 Å². The second-order valence-electron chi connectivity index (χ2n) is 9.48. The summed E-state index contributed by atoms with van der Waals surface area (Å²) in [6.45, 7) is 1.43. The van der Waals surface area contributed by atoms with E-state index in [1.807, 2.05) is 24.3 Å². The zero-order chi connectivity index (χ0) is 24.5. The van der Waals surface area contributed by atoms with Gasteiger partial charge in [-0.2, -0.15) is 0 Å². The summed E-state index contributed by atoms with van der Waals surface area (Å²) < 4.78 is 33.3. The Kier molecular flexibility index (Phi) is 6.82. The fraction of sp³-hybridized carbons (Fsp3) is 0.462. The lowest BCUT2D eigenvalue weighted by Crippen LogP contribution is -2.49. The molecule has 0 radical (unpaired) electrons. The molecule has 7 nitrogen and oxygen atoms in total. The van der Waals surface area contributed by atoms with E-state index < -0.39 is 29.9 Å². The van der Waals surface area contributed by atoms with Gasteiger partial charge in [-0.15, -0.1) is 0 Å². The minimum atomic E-state index is -2.91. The van der Waals surface area contributed by atoms with E-state index in [2.05, 4.69) is 10.6 Å². The monoisotopic (exact) mass is 485 g/mol. The van der Waals surface area contributed by atoms with E-state index >= 15 is 0 Å². The average Bonchev–Trinajstić information content (AvgIpc) is 3.13. The smallest absolute Gasteiger partial charge is 0.264 e. The topological polar surface area (TPSA) is 90.9 Å². The molecule has 0 saturated carbocycles. The standard InChI is InChI=1S/C26H29F2N3O4/c27-24(28)21-9-16(5-8-20(21)26(34)31-18-6-7-19(31)14-35-13-18)25(33)30-12-23(32)22-10-15-3-1-2-4-17(15)11-29-22/h1-5,8-9,18-19,22-24,29,32H,6-7,10-14H2,(H,30,33)/t18?,19?,22-,23?/m0/s1. The maximum Gasteiger partial charge on any atom is 0.264 e. The Morgan fingerprint density at radius 2 is 1.83 bits per heavy atom. The van der Waals surface area contributed by atoms with Crippen molar-refractivity contribution in [2.75, 3.05) is 19.8 Å². The number of carbonyl (C=O) groups is 2. The molecule has 2 fully saturated rings. The quantitative estimate of drug-likeness (QED) is 0.585. The van der Waals surface area contributed by atoms with E-state index in [4.69, 9.17) is 4.74 Å². The van der Waals surface area contributed by atoms with Crippen LogP contribution >= 0.6 is 0 Å². The number of ether oxygens (including phenoxy) is 1. The molecule has 3 heterocycles. The molecule has 5 rings (SSSR count). The summed E-state index contributed by atoms with van der Waals surface area (Å²) in [7, 11) is 0. The number of hydrogen-bond acceptors (Lipinski definition) is 5. The first-order valence-electron chi connectivity index (χ1n) is 12.0. The molecule has 3 aliphatic heterocycles. The van der Waals surface area contributed by atoms with Crippen LogP contribution in [0.4, 0.5) is 8.78 Å².